The second kappa shape index (κ2) is 6.89. The molecular formula is C21H17NO2. The zero-order valence-corrected chi connectivity index (χ0v) is 13.6. The minimum Gasteiger partial charge on any atom is -0.497 e. The summed E-state index contributed by atoms with van der Waals surface area (Å²) in [6.45, 7) is 0. The van der Waals surface area contributed by atoms with Crippen molar-refractivity contribution in [2.24, 2.45) is 0 Å². The van der Waals surface area contributed by atoms with Crippen LogP contribution in [0.2, 0.25) is 0 Å². The van der Waals surface area contributed by atoms with Crippen LogP contribution in [0.25, 0.3) is 22.4 Å². The van der Waals surface area contributed by atoms with Crippen molar-refractivity contribution >= 4 is 22.4 Å². The van der Waals surface area contributed by atoms with Crippen LogP contribution in [-0.4, -0.2) is 14.2 Å². The van der Waals surface area contributed by atoms with Crippen LogP contribution in [-0.2, 0) is 0 Å². The monoisotopic (exact) mass is 315 g/mol. The number of allylic oxidation sites excluding steroid dienone is 1. The van der Waals surface area contributed by atoms with E-state index in [0.717, 1.165) is 21.9 Å². The van der Waals surface area contributed by atoms with E-state index in [0.29, 0.717) is 17.1 Å². The van der Waals surface area contributed by atoms with Gasteiger partial charge in [-0.05, 0) is 29.0 Å². The molecule has 0 atom stereocenters. The number of nitriles is 1. The van der Waals surface area contributed by atoms with E-state index in [2.05, 4.69) is 6.07 Å². The maximum Gasteiger partial charge on any atom is 0.129 e. The van der Waals surface area contributed by atoms with Crippen LogP contribution in [0.5, 0.6) is 11.5 Å². The average molecular weight is 315 g/mol. The summed E-state index contributed by atoms with van der Waals surface area (Å²) in [5, 5.41) is 11.8. The maximum absolute atomic E-state index is 9.68. The molecule has 0 heterocycles. The summed E-state index contributed by atoms with van der Waals surface area (Å²) < 4.78 is 10.6. The lowest BCUT2D eigenvalue weighted by atomic mass is 9.97. The van der Waals surface area contributed by atoms with E-state index in [1.807, 2.05) is 66.7 Å². The molecule has 24 heavy (non-hydrogen) atoms. The van der Waals surface area contributed by atoms with Gasteiger partial charge >= 0.3 is 0 Å². The molecule has 0 unspecified atom stereocenters. The molecule has 0 radical (unpaired) electrons. The molecule has 0 aliphatic rings. The third-order valence-electron chi connectivity index (χ3n) is 3.94. The summed E-state index contributed by atoms with van der Waals surface area (Å²) in [7, 11) is 3.22. The van der Waals surface area contributed by atoms with Gasteiger partial charge in [-0.15, -0.1) is 0 Å². The Kier molecular flexibility index (Phi) is 4.49. The molecule has 3 nitrogen and oxygen atoms in total. The van der Waals surface area contributed by atoms with Crippen molar-refractivity contribution in [1.29, 1.82) is 5.26 Å². The standard InChI is InChI=1S/C21H17NO2/c1-23-18-11-10-16(21(13-18)24-2)12-17(14-22)20-9-5-7-15-6-3-4-8-19(15)20/h3-13H,1-2H3/b17-12-. The predicted octanol–water partition coefficient (Wildman–Crippen LogP) is 4.92. The van der Waals surface area contributed by atoms with Gasteiger partial charge in [0, 0.05) is 17.2 Å². The molecule has 0 aliphatic carbocycles. The van der Waals surface area contributed by atoms with Crippen molar-refractivity contribution in [3.8, 4) is 17.6 Å². The Morgan fingerprint density at radius 3 is 2.50 bits per heavy atom. The first-order valence-electron chi connectivity index (χ1n) is 7.59. The number of ether oxygens (including phenoxy) is 2. The molecular weight excluding hydrogens is 298 g/mol. The smallest absolute Gasteiger partial charge is 0.129 e. The van der Waals surface area contributed by atoms with Crippen LogP contribution in [0.1, 0.15) is 11.1 Å². The van der Waals surface area contributed by atoms with Crippen molar-refractivity contribution in [2.45, 2.75) is 0 Å². The number of hydrogen-bond donors (Lipinski definition) is 0. The SMILES string of the molecule is COc1ccc(/C=C(/C#N)c2cccc3ccccc23)c(OC)c1. The van der Waals surface area contributed by atoms with Crippen LogP contribution >= 0.6 is 0 Å². The van der Waals surface area contributed by atoms with E-state index in [9.17, 15) is 5.26 Å². The molecule has 0 saturated heterocycles. The van der Waals surface area contributed by atoms with E-state index in [1.54, 1.807) is 14.2 Å². The molecule has 0 N–H and O–H groups in total. The third kappa shape index (κ3) is 2.95. The molecule has 0 bridgehead atoms. The van der Waals surface area contributed by atoms with Crippen molar-refractivity contribution in [1.82, 2.24) is 0 Å². The van der Waals surface area contributed by atoms with Gasteiger partial charge in [0.25, 0.3) is 0 Å². The van der Waals surface area contributed by atoms with E-state index < -0.39 is 0 Å². The minimum absolute atomic E-state index is 0.593. The summed E-state index contributed by atoms with van der Waals surface area (Å²) in [4.78, 5) is 0. The van der Waals surface area contributed by atoms with Gasteiger partial charge in [-0.3, -0.25) is 0 Å². The number of hydrogen-bond acceptors (Lipinski definition) is 3. The van der Waals surface area contributed by atoms with Gasteiger partial charge in [0.15, 0.2) is 0 Å². The molecule has 3 aromatic carbocycles. The molecule has 118 valence electrons. The van der Waals surface area contributed by atoms with Gasteiger partial charge in [0.2, 0.25) is 0 Å². The largest absolute Gasteiger partial charge is 0.497 e. The Bertz CT molecular complexity index is 946. The Hall–Kier alpha value is -3.25. The van der Waals surface area contributed by atoms with E-state index in [4.69, 9.17) is 9.47 Å². The maximum atomic E-state index is 9.68. The molecule has 0 fully saturated rings. The Morgan fingerprint density at radius 2 is 1.75 bits per heavy atom. The molecule has 3 heteroatoms. The van der Waals surface area contributed by atoms with Crippen molar-refractivity contribution in [3.05, 3.63) is 71.8 Å². The normalized spacial score (nSPS) is 11.1. The summed E-state index contributed by atoms with van der Waals surface area (Å²) in [5.41, 5.74) is 2.34. The van der Waals surface area contributed by atoms with Crippen molar-refractivity contribution in [3.63, 3.8) is 0 Å². The highest BCUT2D eigenvalue weighted by Gasteiger charge is 2.09. The van der Waals surface area contributed by atoms with E-state index in [1.165, 1.54) is 0 Å². The highest BCUT2D eigenvalue weighted by atomic mass is 16.5. The van der Waals surface area contributed by atoms with E-state index in [-0.39, 0.29) is 0 Å². The fourth-order valence-electron chi connectivity index (χ4n) is 2.72. The molecule has 3 aromatic rings. The van der Waals surface area contributed by atoms with E-state index >= 15 is 0 Å². The lowest BCUT2D eigenvalue weighted by Crippen LogP contribution is -1.91. The van der Waals surface area contributed by atoms with Crippen LogP contribution in [0.4, 0.5) is 0 Å². The number of methoxy groups -OCH3 is 2. The molecule has 0 saturated carbocycles. The first-order chi connectivity index (χ1) is 11.8. The summed E-state index contributed by atoms with van der Waals surface area (Å²) in [6, 6.07) is 21.9. The fraction of sp³-hybridized carbons (Fsp3) is 0.0952. The van der Waals surface area contributed by atoms with Gasteiger partial charge in [-0.2, -0.15) is 5.26 Å². The van der Waals surface area contributed by atoms with Gasteiger partial charge in [-0.25, -0.2) is 0 Å². The molecule has 0 amide bonds. The average Bonchev–Trinajstić information content (AvgIpc) is 2.65. The number of benzene rings is 3. The quantitative estimate of drug-likeness (QED) is 0.507. The zero-order valence-electron chi connectivity index (χ0n) is 13.6. The molecule has 0 aliphatic heterocycles. The van der Waals surface area contributed by atoms with Crippen molar-refractivity contribution < 1.29 is 9.47 Å². The van der Waals surface area contributed by atoms with Crippen molar-refractivity contribution in [2.75, 3.05) is 14.2 Å². The Labute approximate surface area is 141 Å². The van der Waals surface area contributed by atoms with Crippen LogP contribution < -0.4 is 9.47 Å². The minimum atomic E-state index is 0.593. The summed E-state index contributed by atoms with van der Waals surface area (Å²) >= 11 is 0. The van der Waals surface area contributed by atoms with Gasteiger partial charge in [-0.1, -0.05) is 42.5 Å². The topological polar surface area (TPSA) is 42.2 Å². The predicted molar refractivity (Wildman–Crippen MR) is 97.0 cm³/mol. The molecule has 0 aromatic heterocycles. The number of nitrogens with zero attached hydrogens (tertiary/aromatic N) is 1. The fourth-order valence-corrected chi connectivity index (χ4v) is 2.72. The first kappa shape index (κ1) is 15.6. The summed E-state index contributed by atoms with van der Waals surface area (Å²) in [6.07, 6.45) is 1.85. The lowest BCUT2D eigenvalue weighted by molar-refractivity contribution is 0.394. The van der Waals surface area contributed by atoms with Gasteiger partial charge in [0.05, 0.1) is 25.9 Å². The lowest BCUT2D eigenvalue weighted by Gasteiger charge is -2.09. The van der Waals surface area contributed by atoms with Gasteiger partial charge < -0.3 is 9.47 Å². The van der Waals surface area contributed by atoms with Crippen LogP contribution in [0.3, 0.4) is 0 Å². The number of rotatable bonds is 4. The second-order valence-electron chi connectivity index (χ2n) is 5.30. The highest BCUT2D eigenvalue weighted by molar-refractivity contribution is 6.02. The third-order valence-corrected chi connectivity index (χ3v) is 3.94. The molecule has 0 spiro atoms. The first-order valence-corrected chi connectivity index (χ1v) is 7.59. The Morgan fingerprint density at radius 1 is 0.958 bits per heavy atom. The zero-order chi connectivity index (χ0) is 16.9. The molecule has 3 rings (SSSR count). The number of fused-ring (bicyclic) bond motifs is 1. The van der Waals surface area contributed by atoms with Crippen LogP contribution in [0, 0.1) is 11.3 Å². The highest BCUT2D eigenvalue weighted by Crippen LogP contribution is 2.30. The van der Waals surface area contributed by atoms with Crippen LogP contribution in [0.15, 0.2) is 60.7 Å². The van der Waals surface area contributed by atoms with Gasteiger partial charge in [0.1, 0.15) is 11.5 Å². The second-order valence-corrected chi connectivity index (χ2v) is 5.30. The Balaban J connectivity index is 2.15. The summed E-state index contributed by atoms with van der Waals surface area (Å²) in [5.74, 6) is 1.38.